The van der Waals surface area contributed by atoms with Crippen LogP contribution in [0.3, 0.4) is 0 Å². The number of rotatable bonds is 8. The van der Waals surface area contributed by atoms with Crippen LogP contribution in [0.25, 0.3) is 6.08 Å². The van der Waals surface area contributed by atoms with Crippen LogP contribution in [0.2, 0.25) is 0 Å². The normalized spacial score (nSPS) is 12.0. The molecule has 0 unspecified atom stereocenters. The molecule has 0 saturated carbocycles. The van der Waals surface area contributed by atoms with Gasteiger partial charge in [-0.05, 0) is 41.5 Å². The number of aromatic hydroxyl groups is 1. The molecular weight excluding hydrogens is 334 g/mol. The van der Waals surface area contributed by atoms with E-state index in [4.69, 9.17) is 14.2 Å². The fraction of sp³-hybridized carbons (Fsp3) is 0.250. The van der Waals surface area contributed by atoms with Crippen LogP contribution in [-0.2, 0) is 9.53 Å². The molecule has 0 spiro atoms. The Morgan fingerprint density at radius 3 is 2.38 bits per heavy atom. The van der Waals surface area contributed by atoms with Gasteiger partial charge in [0, 0.05) is 19.7 Å². The van der Waals surface area contributed by atoms with E-state index in [1.807, 2.05) is 6.07 Å². The molecule has 0 saturated heterocycles. The van der Waals surface area contributed by atoms with Gasteiger partial charge >= 0.3 is 0 Å². The van der Waals surface area contributed by atoms with Crippen LogP contribution < -0.4 is 14.8 Å². The van der Waals surface area contributed by atoms with Crippen molar-refractivity contribution in [2.24, 2.45) is 0 Å². The van der Waals surface area contributed by atoms with Crippen molar-refractivity contribution in [3.8, 4) is 17.2 Å². The van der Waals surface area contributed by atoms with Gasteiger partial charge in [0.15, 0.2) is 11.5 Å². The van der Waals surface area contributed by atoms with Gasteiger partial charge in [0.1, 0.15) is 5.75 Å². The lowest BCUT2D eigenvalue weighted by atomic mass is 10.1. The van der Waals surface area contributed by atoms with Crippen molar-refractivity contribution >= 4 is 12.0 Å². The molecule has 6 nitrogen and oxygen atoms in total. The van der Waals surface area contributed by atoms with Crippen molar-refractivity contribution in [1.82, 2.24) is 5.32 Å². The van der Waals surface area contributed by atoms with E-state index in [-0.39, 0.29) is 17.8 Å². The van der Waals surface area contributed by atoms with E-state index in [9.17, 15) is 9.90 Å². The third-order valence-electron chi connectivity index (χ3n) is 3.85. The number of hydrogen-bond donors (Lipinski definition) is 2. The average Bonchev–Trinajstić information content (AvgIpc) is 2.67. The molecule has 0 aliphatic rings. The topological polar surface area (TPSA) is 77.0 Å². The maximum Gasteiger partial charge on any atom is 0.244 e. The van der Waals surface area contributed by atoms with E-state index >= 15 is 0 Å². The number of ether oxygens (including phenoxy) is 3. The summed E-state index contributed by atoms with van der Waals surface area (Å²) in [6, 6.07) is 12.1. The average molecular weight is 357 g/mol. The van der Waals surface area contributed by atoms with Crippen molar-refractivity contribution in [1.29, 1.82) is 0 Å². The van der Waals surface area contributed by atoms with Crippen LogP contribution in [0.15, 0.2) is 48.5 Å². The summed E-state index contributed by atoms with van der Waals surface area (Å²) in [5.74, 6) is 1.18. The number of amides is 1. The molecule has 0 bridgehead atoms. The smallest absolute Gasteiger partial charge is 0.244 e. The van der Waals surface area contributed by atoms with E-state index < -0.39 is 0 Å². The van der Waals surface area contributed by atoms with Crippen LogP contribution in [0.5, 0.6) is 17.2 Å². The van der Waals surface area contributed by atoms with Crippen LogP contribution >= 0.6 is 0 Å². The molecule has 0 fully saturated rings. The predicted octanol–water partition coefficient (Wildman–Crippen LogP) is 2.93. The highest BCUT2D eigenvalue weighted by molar-refractivity contribution is 5.91. The van der Waals surface area contributed by atoms with Crippen LogP contribution in [0.1, 0.15) is 17.2 Å². The summed E-state index contributed by atoms with van der Waals surface area (Å²) in [5.41, 5.74) is 1.69. The molecule has 1 atom stereocenters. The summed E-state index contributed by atoms with van der Waals surface area (Å²) < 4.78 is 15.8. The van der Waals surface area contributed by atoms with E-state index in [1.54, 1.807) is 63.8 Å². The molecule has 2 aromatic carbocycles. The Morgan fingerprint density at radius 1 is 1.08 bits per heavy atom. The molecule has 138 valence electrons. The molecular formula is C20H23NO5. The fourth-order valence-corrected chi connectivity index (χ4v) is 2.41. The van der Waals surface area contributed by atoms with Gasteiger partial charge in [0.05, 0.1) is 20.3 Å². The molecule has 2 N–H and O–H groups in total. The molecule has 2 rings (SSSR count). The minimum Gasteiger partial charge on any atom is -0.508 e. The first-order valence-electron chi connectivity index (χ1n) is 8.07. The summed E-state index contributed by atoms with van der Waals surface area (Å²) in [4.78, 5) is 12.1. The lowest BCUT2D eigenvalue weighted by molar-refractivity contribution is -0.117. The first-order valence-corrected chi connectivity index (χ1v) is 8.07. The standard InChI is InChI=1S/C20H23NO5/c1-24-17-10-4-14(12-18(17)25-2)5-11-20(23)21-13-19(26-3)15-6-8-16(22)9-7-15/h4-12,19,22H,13H2,1-3H3,(H,21,23)/b11-5+/t19-/m1/s1. The Morgan fingerprint density at radius 2 is 1.77 bits per heavy atom. The van der Waals surface area contributed by atoms with Gasteiger partial charge in [-0.25, -0.2) is 0 Å². The summed E-state index contributed by atoms with van der Waals surface area (Å²) in [6.07, 6.45) is 2.85. The maximum atomic E-state index is 12.1. The molecule has 6 heteroatoms. The van der Waals surface area contributed by atoms with Crippen molar-refractivity contribution in [2.75, 3.05) is 27.9 Å². The van der Waals surface area contributed by atoms with Gasteiger partial charge in [0.25, 0.3) is 0 Å². The quantitative estimate of drug-likeness (QED) is 0.711. The van der Waals surface area contributed by atoms with Gasteiger partial charge in [-0.15, -0.1) is 0 Å². The number of benzene rings is 2. The number of methoxy groups -OCH3 is 3. The summed E-state index contributed by atoms with van der Waals surface area (Å²) in [5, 5.41) is 12.1. The van der Waals surface area contributed by atoms with Crippen molar-refractivity contribution in [3.05, 3.63) is 59.7 Å². The second-order valence-electron chi connectivity index (χ2n) is 5.51. The zero-order valence-electron chi connectivity index (χ0n) is 15.1. The Bertz CT molecular complexity index is 755. The van der Waals surface area contributed by atoms with Gasteiger partial charge in [0.2, 0.25) is 5.91 Å². The molecule has 0 heterocycles. The van der Waals surface area contributed by atoms with Gasteiger partial charge in [-0.3, -0.25) is 4.79 Å². The monoisotopic (exact) mass is 357 g/mol. The Hall–Kier alpha value is -2.99. The van der Waals surface area contributed by atoms with Crippen molar-refractivity contribution in [2.45, 2.75) is 6.10 Å². The molecule has 1 amide bonds. The Labute approximate surface area is 153 Å². The number of carbonyl (C=O) groups excluding carboxylic acids is 1. The minimum atomic E-state index is -0.297. The minimum absolute atomic E-state index is 0.186. The lowest BCUT2D eigenvalue weighted by Crippen LogP contribution is -2.27. The summed E-state index contributed by atoms with van der Waals surface area (Å²) >= 11 is 0. The molecule has 2 aromatic rings. The van der Waals surface area contributed by atoms with E-state index in [0.717, 1.165) is 11.1 Å². The second kappa shape index (κ2) is 9.48. The molecule has 0 aliphatic carbocycles. The fourth-order valence-electron chi connectivity index (χ4n) is 2.41. The Kier molecular flexibility index (Phi) is 7.05. The molecule has 26 heavy (non-hydrogen) atoms. The Balaban J connectivity index is 1.95. The molecule has 0 aromatic heterocycles. The zero-order valence-corrected chi connectivity index (χ0v) is 15.1. The molecule has 0 aliphatic heterocycles. The van der Waals surface area contributed by atoms with Crippen LogP contribution in [0, 0.1) is 0 Å². The summed E-state index contributed by atoms with van der Waals surface area (Å²) in [6.45, 7) is 0.316. The maximum absolute atomic E-state index is 12.1. The van der Waals surface area contributed by atoms with Crippen molar-refractivity contribution in [3.63, 3.8) is 0 Å². The third kappa shape index (κ3) is 5.26. The number of carbonyl (C=O) groups is 1. The lowest BCUT2D eigenvalue weighted by Gasteiger charge is -2.16. The number of phenols is 1. The SMILES string of the molecule is COc1ccc(/C=C/C(=O)NC[C@@H](OC)c2ccc(O)cc2)cc1OC. The van der Waals surface area contributed by atoms with Gasteiger partial charge in [-0.1, -0.05) is 18.2 Å². The zero-order chi connectivity index (χ0) is 18.9. The first kappa shape index (κ1) is 19.3. The summed E-state index contributed by atoms with van der Waals surface area (Å²) in [7, 11) is 4.70. The van der Waals surface area contributed by atoms with Gasteiger partial charge < -0.3 is 24.6 Å². The second-order valence-corrected chi connectivity index (χ2v) is 5.51. The van der Waals surface area contributed by atoms with E-state index in [1.165, 1.54) is 6.08 Å². The first-order chi connectivity index (χ1) is 12.6. The number of hydrogen-bond acceptors (Lipinski definition) is 5. The van der Waals surface area contributed by atoms with Crippen LogP contribution in [0.4, 0.5) is 0 Å². The highest BCUT2D eigenvalue weighted by Crippen LogP contribution is 2.28. The van der Waals surface area contributed by atoms with Crippen LogP contribution in [-0.4, -0.2) is 38.9 Å². The molecule has 0 radical (unpaired) electrons. The van der Waals surface area contributed by atoms with Crippen molar-refractivity contribution < 1.29 is 24.1 Å². The third-order valence-corrected chi connectivity index (χ3v) is 3.85. The predicted molar refractivity (Wildman–Crippen MR) is 99.4 cm³/mol. The number of phenolic OH excluding ortho intramolecular Hbond substituents is 1. The highest BCUT2D eigenvalue weighted by atomic mass is 16.5. The highest BCUT2D eigenvalue weighted by Gasteiger charge is 2.11. The van der Waals surface area contributed by atoms with E-state index in [0.29, 0.717) is 18.0 Å². The van der Waals surface area contributed by atoms with E-state index in [2.05, 4.69) is 5.32 Å². The largest absolute Gasteiger partial charge is 0.508 e. The number of nitrogens with one attached hydrogen (secondary N) is 1. The van der Waals surface area contributed by atoms with Gasteiger partial charge in [-0.2, -0.15) is 0 Å².